The molecule has 0 amide bonds. The van der Waals surface area contributed by atoms with E-state index in [-0.39, 0.29) is 5.82 Å². The van der Waals surface area contributed by atoms with Crippen molar-refractivity contribution >= 4 is 33.7 Å². The van der Waals surface area contributed by atoms with Crippen LogP contribution >= 0.6 is 22.9 Å². The van der Waals surface area contributed by atoms with Crippen LogP contribution in [0.3, 0.4) is 0 Å². The highest BCUT2D eigenvalue weighted by Gasteiger charge is 2.16. The number of thiazole rings is 1. The van der Waals surface area contributed by atoms with E-state index in [4.69, 9.17) is 11.6 Å². The molecule has 6 heteroatoms. The van der Waals surface area contributed by atoms with Crippen LogP contribution in [0, 0.1) is 5.82 Å². The van der Waals surface area contributed by atoms with Gasteiger partial charge in [0.1, 0.15) is 5.82 Å². The molecule has 3 nitrogen and oxygen atoms in total. The lowest BCUT2D eigenvalue weighted by Gasteiger charge is -2.18. The van der Waals surface area contributed by atoms with Gasteiger partial charge in [0.2, 0.25) is 0 Å². The number of rotatable bonds is 4. The van der Waals surface area contributed by atoms with Crippen LogP contribution in [0.15, 0.2) is 35.8 Å². The van der Waals surface area contributed by atoms with E-state index in [1.54, 1.807) is 17.4 Å². The van der Waals surface area contributed by atoms with Crippen molar-refractivity contribution in [1.82, 2.24) is 9.38 Å². The van der Waals surface area contributed by atoms with Gasteiger partial charge in [-0.05, 0) is 17.7 Å². The molecule has 0 radical (unpaired) electrons. The van der Waals surface area contributed by atoms with E-state index < -0.39 is 0 Å². The Balaban J connectivity index is 1.92. The van der Waals surface area contributed by atoms with E-state index in [0.717, 1.165) is 22.0 Å². The summed E-state index contributed by atoms with van der Waals surface area (Å²) in [5.41, 5.74) is 1.87. The topological polar surface area (TPSA) is 20.5 Å². The first-order valence-electron chi connectivity index (χ1n) is 6.15. The third-order valence-corrected chi connectivity index (χ3v) is 4.15. The van der Waals surface area contributed by atoms with Crippen LogP contribution in [0.2, 0.25) is 0 Å². The van der Waals surface area contributed by atoms with Crippen LogP contribution in [0.5, 0.6) is 0 Å². The average molecular weight is 310 g/mol. The molecule has 3 rings (SSSR count). The molecule has 1 aromatic carbocycles. The van der Waals surface area contributed by atoms with Crippen LogP contribution in [-0.4, -0.2) is 16.4 Å². The minimum atomic E-state index is -0.223. The Morgan fingerprint density at radius 2 is 2.30 bits per heavy atom. The highest BCUT2D eigenvalue weighted by molar-refractivity contribution is 7.15. The standard InChI is InChI=1S/C14H13ClFN3S/c1-18(9-10-3-2-4-11(16)7-10)13-12(8-15)19-5-6-20-14(19)17-13/h2-7H,8-9H2,1H3. The summed E-state index contributed by atoms with van der Waals surface area (Å²) in [6.45, 7) is 0.590. The van der Waals surface area contributed by atoms with E-state index in [1.807, 2.05) is 34.0 Å². The van der Waals surface area contributed by atoms with E-state index >= 15 is 0 Å². The molecule has 0 N–H and O–H groups in total. The molecule has 3 aromatic rings. The first kappa shape index (κ1) is 13.4. The molecular formula is C14H13ClFN3S. The third kappa shape index (κ3) is 2.39. The van der Waals surface area contributed by atoms with Crippen LogP contribution in [0.25, 0.3) is 4.96 Å². The molecule has 0 aliphatic rings. The van der Waals surface area contributed by atoms with Gasteiger partial charge in [-0.2, -0.15) is 0 Å². The monoisotopic (exact) mass is 309 g/mol. The van der Waals surface area contributed by atoms with Crippen molar-refractivity contribution in [3.05, 3.63) is 52.9 Å². The largest absolute Gasteiger partial charge is 0.354 e. The van der Waals surface area contributed by atoms with Crippen molar-refractivity contribution in [3.63, 3.8) is 0 Å². The van der Waals surface area contributed by atoms with E-state index in [2.05, 4.69) is 4.98 Å². The molecule has 0 spiro atoms. The fourth-order valence-corrected chi connectivity index (χ4v) is 3.21. The van der Waals surface area contributed by atoms with Gasteiger partial charge in [0.05, 0.1) is 11.6 Å². The summed E-state index contributed by atoms with van der Waals surface area (Å²) >= 11 is 7.61. The predicted octanol–water partition coefficient (Wildman–Crippen LogP) is 3.91. The second-order valence-corrected chi connectivity index (χ2v) is 5.70. The highest BCUT2D eigenvalue weighted by atomic mass is 35.5. The Hall–Kier alpha value is -1.59. The van der Waals surface area contributed by atoms with Crippen molar-refractivity contribution in [2.45, 2.75) is 12.4 Å². The number of halogens is 2. The van der Waals surface area contributed by atoms with Crippen LogP contribution in [0.4, 0.5) is 10.2 Å². The van der Waals surface area contributed by atoms with Gasteiger partial charge in [0, 0.05) is 25.2 Å². The summed E-state index contributed by atoms with van der Waals surface area (Å²) < 4.78 is 15.2. The van der Waals surface area contributed by atoms with E-state index in [9.17, 15) is 4.39 Å². The lowest BCUT2D eigenvalue weighted by molar-refractivity contribution is 0.625. The van der Waals surface area contributed by atoms with Crippen LogP contribution in [-0.2, 0) is 12.4 Å². The van der Waals surface area contributed by atoms with Gasteiger partial charge in [-0.1, -0.05) is 12.1 Å². The molecular weight excluding hydrogens is 297 g/mol. The fourth-order valence-electron chi connectivity index (χ4n) is 2.24. The molecule has 0 aliphatic carbocycles. The molecule has 0 unspecified atom stereocenters. The minimum Gasteiger partial charge on any atom is -0.354 e. The average Bonchev–Trinajstić information content (AvgIpc) is 2.98. The molecule has 0 aliphatic heterocycles. The molecule has 0 atom stereocenters. The van der Waals surface area contributed by atoms with Gasteiger partial charge < -0.3 is 4.90 Å². The second-order valence-electron chi connectivity index (χ2n) is 4.56. The number of anilines is 1. The predicted molar refractivity (Wildman–Crippen MR) is 81.1 cm³/mol. The summed E-state index contributed by atoms with van der Waals surface area (Å²) in [4.78, 5) is 7.50. The number of fused-ring (bicyclic) bond motifs is 1. The number of benzene rings is 1. The molecule has 2 aromatic heterocycles. The number of aromatic nitrogens is 2. The first-order valence-corrected chi connectivity index (χ1v) is 7.56. The molecule has 0 saturated carbocycles. The number of imidazole rings is 1. The zero-order valence-electron chi connectivity index (χ0n) is 10.9. The normalized spacial score (nSPS) is 11.2. The smallest absolute Gasteiger partial charge is 0.195 e. The SMILES string of the molecule is CN(Cc1cccc(F)c1)c1nc2sccn2c1CCl. The maximum atomic E-state index is 13.2. The van der Waals surface area contributed by atoms with Crippen molar-refractivity contribution in [2.75, 3.05) is 11.9 Å². The number of nitrogens with zero attached hydrogens (tertiary/aromatic N) is 3. The van der Waals surface area contributed by atoms with E-state index in [1.165, 1.54) is 12.1 Å². The Labute approximate surface area is 125 Å². The molecule has 2 heterocycles. The number of hydrogen-bond acceptors (Lipinski definition) is 3. The van der Waals surface area contributed by atoms with Gasteiger partial charge in [-0.15, -0.1) is 22.9 Å². The summed E-state index contributed by atoms with van der Waals surface area (Å²) in [6, 6.07) is 6.60. The molecule has 0 bridgehead atoms. The van der Waals surface area contributed by atoms with Gasteiger partial charge in [-0.3, -0.25) is 4.40 Å². The second kappa shape index (κ2) is 5.42. The van der Waals surface area contributed by atoms with Gasteiger partial charge in [-0.25, -0.2) is 9.37 Å². The molecule has 0 fully saturated rings. The van der Waals surface area contributed by atoms with Gasteiger partial charge in [0.25, 0.3) is 0 Å². The molecule has 104 valence electrons. The zero-order valence-corrected chi connectivity index (χ0v) is 12.5. The van der Waals surface area contributed by atoms with Gasteiger partial charge >= 0.3 is 0 Å². The minimum absolute atomic E-state index is 0.223. The quantitative estimate of drug-likeness (QED) is 0.681. The number of alkyl halides is 1. The summed E-state index contributed by atoms with van der Waals surface area (Å²) in [5.74, 6) is 1.01. The van der Waals surface area contributed by atoms with Crippen molar-refractivity contribution in [3.8, 4) is 0 Å². The summed E-state index contributed by atoms with van der Waals surface area (Å²) in [6.07, 6.45) is 1.96. The zero-order chi connectivity index (χ0) is 14.1. The maximum Gasteiger partial charge on any atom is 0.195 e. The third-order valence-electron chi connectivity index (χ3n) is 3.14. The van der Waals surface area contributed by atoms with Crippen molar-refractivity contribution in [2.24, 2.45) is 0 Å². The van der Waals surface area contributed by atoms with Crippen LogP contribution in [0.1, 0.15) is 11.3 Å². The summed E-state index contributed by atoms with van der Waals surface area (Å²) in [7, 11) is 1.94. The maximum absolute atomic E-state index is 13.2. The molecule has 0 saturated heterocycles. The van der Waals surface area contributed by atoms with Gasteiger partial charge in [0.15, 0.2) is 10.8 Å². The van der Waals surface area contributed by atoms with E-state index in [0.29, 0.717) is 12.4 Å². The van der Waals surface area contributed by atoms with Crippen molar-refractivity contribution in [1.29, 1.82) is 0 Å². The Kier molecular flexibility index (Phi) is 3.63. The lowest BCUT2D eigenvalue weighted by Crippen LogP contribution is -2.18. The fraction of sp³-hybridized carbons (Fsp3) is 0.214. The lowest BCUT2D eigenvalue weighted by atomic mass is 10.2. The van der Waals surface area contributed by atoms with Crippen LogP contribution < -0.4 is 4.90 Å². The first-order chi connectivity index (χ1) is 9.69. The Morgan fingerprint density at radius 3 is 3.05 bits per heavy atom. The Bertz CT molecular complexity index is 737. The highest BCUT2D eigenvalue weighted by Crippen LogP contribution is 2.26. The van der Waals surface area contributed by atoms with Crippen molar-refractivity contribution < 1.29 is 4.39 Å². The molecule has 20 heavy (non-hydrogen) atoms. The Morgan fingerprint density at radius 1 is 1.45 bits per heavy atom. The summed E-state index contributed by atoms with van der Waals surface area (Å²) in [5, 5.41) is 1.98. The number of hydrogen-bond donors (Lipinski definition) is 0.